The second kappa shape index (κ2) is 4.94. The summed E-state index contributed by atoms with van der Waals surface area (Å²) in [6.45, 7) is 3.39. The lowest BCUT2D eigenvalue weighted by molar-refractivity contribution is 0.102. The van der Waals surface area contributed by atoms with Gasteiger partial charge in [0.25, 0.3) is 5.91 Å². The van der Waals surface area contributed by atoms with Crippen molar-refractivity contribution in [3.8, 4) is 6.07 Å². The summed E-state index contributed by atoms with van der Waals surface area (Å²) in [4.78, 5) is 12.0. The molecule has 0 fully saturated rings. The van der Waals surface area contributed by atoms with Crippen LogP contribution in [0, 0.1) is 31.0 Å². The minimum Gasteiger partial charge on any atom is -0.466 e. The molecule has 0 aliphatic rings. The lowest BCUT2D eigenvalue weighted by Crippen LogP contribution is -2.13. The number of nitrogens with zero attached hydrogens (tertiary/aromatic N) is 1. The van der Waals surface area contributed by atoms with E-state index in [1.807, 2.05) is 0 Å². The van der Waals surface area contributed by atoms with E-state index in [-0.39, 0.29) is 11.3 Å². The first-order valence-corrected chi connectivity index (χ1v) is 5.60. The fraction of sp³-hybridized carbons (Fsp3) is 0.143. The maximum atomic E-state index is 13.4. The van der Waals surface area contributed by atoms with Crippen LogP contribution in [0.1, 0.15) is 27.4 Å². The Morgan fingerprint density at radius 3 is 2.74 bits per heavy atom. The number of anilines is 1. The zero-order valence-corrected chi connectivity index (χ0v) is 10.5. The predicted molar refractivity (Wildman–Crippen MR) is 67.3 cm³/mol. The van der Waals surface area contributed by atoms with Gasteiger partial charge in [-0.3, -0.25) is 4.79 Å². The average Bonchev–Trinajstić information content (AvgIpc) is 2.69. The van der Waals surface area contributed by atoms with Crippen molar-refractivity contribution < 1.29 is 13.6 Å². The number of carbonyl (C=O) groups excluding carboxylic acids is 1. The molecule has 1 aromatic carbocycles. The zero-order chi connectivity index (χ0) is 14.0. The lowest BCUT2D eigenvalue weighted by atomic mass is 10.1. The number of amides is 1. The van der Waals surface area contributed by atoms with E-state index in [2.05, 4.69) is 5.32 Å². The van der Waals surface area contributed by atoms with Crippen LogP contribution in [0.15, 0.2) is 28.7 Å². The summed E-state index contributed by atoms with van der Waals surface area (Å²) in [5.41, 5.74) is 0.324. The maximum Gasteiger partial charge on any atom is 0.259 e. The van der Waals surface area contributed by atoms with E-state index in [0.717, 1.165) is 0 Å². The van der Waals surface area contributed by atoms with Crippen LogP contribution in [-0.4, -0.2) is 5.91 Å². The molecule has 0 aliphatic carbocycles. The summed E-state index contributed by atoms with van der Waals surface area (Å²) in [6, 6.07) is 7.39. The first-order chi connectivity index (χ1) is 9.02. The van der Waals surface area contributed by atoms with E-state index < -0.39 is 11.7 Å². The molecule has 2 aromatic rings. The molecule has 1 N–H and O–H groups in total. The van der Waals surface area contributed by atoms with Crippen LogP contribution in [0.25, 0.3) is 0 Å². The van der Waals surface area contributed by atoms with Gasteiger partial charge < -0.3 is 9.73 Å². The Kier molecular flexibility index (Phi) is 3.34. The third kappa shape index (κ3) is 2.47. The fourth-order valence-electron chi connectivity index (χ4n) is 1.79. The van der Waals surface area contributed by atoms with Crippen LogP contribution in [0.5, 0.6) is 0 Å². The summed E-state index contributed by atoms with van der Waals surface area (Å²) in [5.74, 6) is -0.0100. The molecular formula is C14H11FN2O2. The molecule has 1 aromatic heterocycles. The monoisotopic (exact) mass is 258 g/mol. The highest BCUT2D eigenvalue weighted by Gasteiger charge is 2.16. The van der Waals surface area contributed by atoms with Gasteiger partial charge >= 0.3 is 0 Å². The number of furan rings is 1. The molecule has 0 saturated heterocycles. The largest absolute Gasteiger partial charge is 0.466 e. The maximum absolute atomic E-state index is 13.4. The van der Waals surface area contributed by atoms with E-state index in [0.29, 0.717) is 17.1 Å². The highest BCUT2D eigenvalue weighted by Crippen LogP contribution is 2.20. The van der Waals surface area contributed by atoms with Crippen LogP contribution in [0.3, 0.4) is 0 Å². The first kappa shape index (κ1) is 12.8. The number of hydrogen-bond donors (Lipinski definition) is 1. The number of hydrogen-bond acceptors (Lipinski definition) is 3. The Morgan fingerprint density at radius 1 is 1.42 bits per heavy atom. The van der Waals surface area contributed by atoms with Crippen molar-refractivity contribution in [1.82, 2.24) is 0 Å². The van der Waals surface area contributed by atoms with Crippen LogP contribution in [0.4, 0.5) is 10.1 Å². The van der Waals surface area contributed by atoms with Gasteiger partial charge in [0.15, 0.2) is 0 Å². The quantitative estimate of drug-likeness (QED) is 0.899. The van der Waals surface area contributed by atoms with Gasteiger partial charge in [-0.15, -0.1) is 0 Å². The molecule has 2 rings (SSSR count). The Hall–Kier alpha value is -2.61. The van der Waals surface area contributed by atoms with Crippen molar-refractivity contribution in [1.29, 1.82) is 5.26 Å². The highest BCUT2D eigenvalue weighted by molar-refractivity contribution is 6.05. The topological polar surface area (TPSA) is 66.0 Å². The van der Waals surface area contributed by atoms with Gasteiger partial charge in [-0.25, -0.2) is 4.39 Å². The molecule has 96 valence electrons. The Morgan fingerprint density at radius 2 is 2.16 bits per heavy atom. The van der Waals surface area contributed by atoms with Crippen molar-refractivity contribution >= 4 is 11.6 Å². The number of nitriles is 1. The molecule has 0 unspecified atom stereocenters. The van der Waals surface area contributed by atoms with Crippen molar-refractivity contribution in [3.63, 3.8) is 0 Å². The molecule has 4 nitrogen and oxygen atoms in total. The van der Waals surface area contributed by atoms with Gasteiger partial charge in [0, 0.05) is 0 Å². The summed E-state index contributed by atoms with van der Waals surface area (Å²) in [5, 5.41) is 11.4. The smallest absolute Gasteiger partial charge is 0.259 e. The number of rotatable bonds is 2. The fourth-order valence-corrected chi connectivity index (χ4v) is 1.79. The third-order valence-electron chi connectivity index (χ3n) is 2.66. The lowest BCUT2D eigenvalue weighted by Gasteiger charge is -2.06. The Bertz CT molecular complexity index is 683. The standard InChI is InChI=1S/C14H11FN2O2/c1-8-6-10(9(2)19-8)14(18)17-13-5-3-4-12(15)11(13)7-16/h3-6H,1-2H3,(H,17,18). The summed E-state index contributed by atoms with van der Waals surface area (Å²) >= 11 is 0. The molecule has 0 bridgehead atoms. The SMILES string of the molecule is Cc1cc(C(=O)Nc2cccc(F)c2C#N)c(C)o1. The highest BCUT2D eigenvalue weighted by atomic mass is 19.1. The van der Waals surface area contributed by atoms with E-state index in [1.54, 1.807) is 26.0 Å². The second-order valence-electron chi connectivity index (χ2n) is 4.06. The number of halogens is 1. The van der Waals surface area contributed by atoms with Crippen molar-refractivity contribution in [2.45, 2.75) is 13.8 Å². The molecule has 0 saturated carbocycles. The van der Waals surface area contributed by atoms with Crippen LogP contribution in [-0.2, 0) is 0 Å². The van der Waals surface area contributed by atoms with E-state index in [4.69, 9.17) is 9.68 Å². The van der Waals surface area contributed by atoms with E-state index in [1.165, 1.54) is 18.2 Å². The molecule has 1 amide bonds. The summed E-state index contributed by atoms with van der Waals surface area (Å²) < 4.78 is 18.6. The Labute approximate surface area is 109 Å². The van der Waals surface area contributed by atoms with Crippen LogP contribution >= 0.6 is 0 Å². The number of aryl methyl sites for hydroxylation is 2. The normalized spacial score (nSPS) is 10.0. The number of carbonyl (C=O) groups is 1. The Balaban J connectivity index is 2.32. The molecule has 5 heteroatoms. The molecule has 0 atom stereocenters. The number of nitrogens with one attached hydrogen (secondary N) is 1. The first-order valence-electron chi connectivity index (χ1n) is 5.60. The van der Waals surface area contributed by atoms with Gasteiger partial charge in [0.05, 0.1) is 11.3 Å². The molecule has 19 heavy (non-hydrogen) atoms. The van der Waals surface area contributed by atoms with Gasteiger partial charge in [-0.1, -0.05) is 6.07 Å². The van der Waals surface area contributed by atoms with Crippen LogP contribution < -0.4 is 5.32 Å². The average molecular weight is 258 g/mol. The van der Waals surface area contributed by atoms with Crippen molar-refractivity contribution in [2.24, 2.45) is 0 Å². The van der Waals surface area contributed by atoms with Gasteiger partial charge in [0.1, 0.15) is 29.0 Å². The third-order valence-corrected chi connectivity index (χ3v) is 2.66. The van der Waals surface area contributed by atoms with Gasteiger partial charge in [-0.2, -0.15) is 5.26 Å². The van der Waals surface area contributed by atoms with Crippen LogP contribution in [0.2, 0.25) is 0 Å². The van der Waals surface area contributed by atoms with Crippen molar-refractivity contribution in [3.05, 3.63) is 52.7 Å². The molecule has 0 spiro atoms. The van der Waals surface area contributed by atoms with E-state index in [9.17, 15) is 9.18 Å². The zero-order valence-electron chi connectivity index (χ0n) is 10.5. The summed E-state index contributed by atoms with van der Waals surface area (Å²) in [7, 11) is 0. The predicted octanol–water partition coefficient (Wildman–Crippen LogP) is 3.16. The van der Waals surface area contributed by atoms with E-state index >= 15 is 0 Å². The van der Waals surface area contributed by atoms with Gasteiger partial charge in [-0.05, 0) is 32.0 Å². The number of benzene rings is 1. The minimum absolute atomic E-state index is 0.144. The second-order valence-corrected chi connectivity index (χ2v) is 4.06. The molecule has 0 aliphatic heterocycles. The molecule has 1 heterocycles. The van der Waals surface area contributed by atoms with Gasteiger partial charge in [0.2, 0.25) is 0 Å². The molecule has 0 radical (unpaired) electrons. The summed E-state index contributed by atoms with van der Waals surface area (Å²) in [6.07, 6.45) is 0. The van der Waals surface area contributed by atoms with Crippen molar-refractivity contribution in [2.75, 3.05) is 5.32 Å². The minimum atomic E-state index is -0.666. The molecular weight excluding hydrogens is 247 g/mol.